The lowest BCUT2D eigenvalue weighted by Gasteiger charge is -2.40. The van der Waals surface area contributed by atoms with Gasteiger partial charge in [0, 0.05) is 299 Å². The molecule has 0 radical (unpaired) electrons. The Labute approximate surface area is 911 Å². The Morgan fingerprint density at radius 3 is 0.829 bits per heavy atom. The summed E-state index contributed by atoms with van der Waals surface area (Å²) < 4.78 is 0. The normalized spacial score (nSPS) is 17.0. The van der Waals surface area contributed by atoms with E-state index in [1.54, 1.807) is 0 Å². The van der Waals surface area contributed by atoms with Crippen molar-refractivity contribution in [2.24, 2.45) is 17.8 Å². The fourth-order valence-corrected chi connectivity index (χ4v) is 22.6. The minimum atomic E-state index is 0.274. The van der Waals surface area contributed by atoms with Crippen LogP contribution in [0.25, 0.3) is 0 Å². The molecule has 0 spiro atoms. The van der Waals surface area contributed by atoms with E-state index in [-0.39, 0.29) is 5.54 Å². The molecule has 0 aliphatic heterocycles. The van der Waals surface area contributed by atoms with Crippen molar-refractivity contribution in [3.05, 3.63) is 30.3 Å². The molecule has 0 heterocycles. The predicted molar refractivity (Wildman–Crippen MR) is 662 cm³/mol. The molecule has 0 bridgehead atoms. The van der Waals surface area contributed by atoms with Crippen molar-refractivity contribution >= 4 is 99.8 Å². The minimum Gasteiger partial charge on any atom is -0.368 e. The number of nitrogens with zero attached hydrogens (tertiary/aromatic N) is 8. The Morgan fingerprint density at radius 1 is 0.264 bits per heavy atom. The number of rotatable bonds is 71. The molecule has 7 atom stereocenters. The maximum atomic E-state index is 3.57. The monoisotopic (exact) mass is 2120 g/mol. The smallest absolute Gasteiger partial charge is 0.0369 e. The molecule has 16 nitrogen and oxygen atoms in total. The summed E-state index contributed by atoms with van der Waals surface area (Å²) in [5.74, 6) is 12.6. The average molecular weight is 2120 g/mol. The van der Waals surface area contributed by atoms with E-state index in [4.69, 9.17) is 0 Å². The van der Waals surface area contributed by atoms with Crippen LogP contribution in [0.5, 0.6) is 0 Å². The van der Waals surface area contributed by atoms with Gasteiger partial charge in [0.2, 0.25) is 0 Å². The summed E-state index contributed by atoms with van der Waals surface area (Å²) in [5.41, 5.74) is 2.22. The molecular weight excluding hydrogens is 1870 g/mol. The molecule has 7 unspecified atom stereocenters. The Kier molecular flexibility index (Phi) is 99.5. The van der Waals surface area contributed by atoms with Crippen molar-refractivity contribution in [2.75, 3.05) is 278 Å². The molecule has 140 heavy (non-hydrogen) atoms. The van der Waals surface area contributed by atoms with E-state index in [0.29, 0.717) is 35.2 Å². The van der Waals surface area contributed by atoms with Gasteiger partial charge in [-0.3, -0.25) is 34.3 Å². The maximum Gasteiger partial charge on any atom is 0.0369 e. The van der Waals surface area contributed by atoms with Crippen LogP contribution in [-0.4, -0.2) is 378 Å². The topological polar surface area (TPSA) is 122 Å². The number of hydrogen-bond acceptors (Lipinski definition) is 24. The van der Waals surface area contributed by atoms with E-state index in [1.807, 2.05) is 94.1 Å². The van der Waals surface area contributed by atoms with Gasteiger partial charge in [0.25, 0.3) is 0 Å². The number of anilines is 1. The lowest BCUT2D eigenvalue weighted by molar-refractivity contribution is 0.0894. The zero-order valence-corrected chi connectivity index (χ0v) is 105. The van der Waals surface area contributed by atoms with Crippen LogP contribution >= 0.6 is 94.1 Å². The van der Waals surface area contributed by atoms with Crippen LogP contribution in [0.1, 0.15) is 345 Å². The van der Waals surface area contributed by atoms with Gasteiger partial charge in [-0.1, -0.05) is 144 Å². The first-order valence-corrected chi connectivity index (χ1v) is 69.1. The molecule has 0 amide bonds. The molecule has 5 saturated carbocycles. The molecule has 8 N–H and O–H groups in total. The second-order valence-electron chi connectivity index (χ2n) is 44.1. The van der Waals surface area contributed by atoms with Gasteiger partial charge in [-0.2, -0.15) is 94.1 Å². The van der Waals surface area contributed by atoms with Crippen molar-refractivity contribution in [3.63, 3.8) is 0 Å². The lowest BCUT2D eigenvalue weighted by Crippen LogP contribution is -2.49. The van der Waals surface area contributed by atoms with E-state index >= 15 is 0 Å². The summed E-state index contributed by atoms with van der Waals surface area (Å²) in [7, 11) is 0. The third kappa shape index (κ3) is 76.7. The largest absolute Gasteiger partial charge is 0.368 e. The summed E-state index contributed by atoms with van der Waals surface area (Å²) in [5, 5.41) is 28.3. The number of para-hydroxylation sites is 1. The first-order valence-electron chi connectivity index (χ1n) is 58.0. The highest BCUT2D eigenvalue weighted by atomic mass is 32.2. The molecule has 1 aromatic carbocycles. The second-order valence-corrected chi connectivity index (χ2v) is 52.0. The Morgan fingerprint density at radius 2 is 0.529 bits per heavy atom. The molecule has 24 heteroatoms. The second kappa shape index (κ2) is 97.2. The Hall–Kier alpha value is 1.22. The van der Waals surface area contributed by atoms with Gasteiger partial charge in [-0.05, 0) is 300 Å². The highest BCUT2D eigenvalue weighted by molar-refractivity contribution is 8.00. The number of thioether (sulfide) groups is 8. The number of nitrogens with one attached hydrogen (secondary N) is 8. The lowest BCUT2D eigenvalue weighted by atomic mass is 9.88. The van der Waals surface area contributed by atoms with Crippen molar-refractivity contribution in [3.8, 4) is 0 Å². The fourth-order valence-electron chi connectivity index (χ4n) is 19.8. The first-order chi connectivity index (χ1) is 67.3. The summed E-state index contributed by atoms with van der Waals surface area (Å²) in [4.78, 5) is 21.3. The van der Waals surface area contributed by atoms with Gasteiger partial charge in [0.1, 0.15) is 0 Å². The molecule has 5 aliphatic carbocycles. The number of hydrogen-bond donors (Lipinski definition) is 8. The van der Waals surface area contributed by atoms with Crippen molar-refractivity contribution in [2.45, 2.75) is 416 Å². The Balaban J connectivity index is 0. The van der Waals surface area contributed by atoms with E-state index in [1.165, 1.54) is 297 Å². The van der Waals surface area contributed by atoms with Gasteiger partial charge in [-0.15, -0.1) is 0 Å². The van der Waals surface area contributed by atoms with Gasteiger partial charge in [-0.25, -0.2) is 0 Å². The predicted octanol–water partition coefficient (Wildman–Crippen LogP) is 25.4. The molecule has 5 fully saturated rings. The van der Waals surface area contributed by atoms with Crippen LogP contribution in [0.4, 0.5) is 5.69 Å². The van der Waals surface area contributed by atoms with Crippen molar-refractivity contribution < 1.29 is 0 Å². The number of benzene rings is 1. The summed E-state index contributed by atoms with van der Waals surface area (Å²) in [6.45, 7) is 85.0. The Bertz CT molecular complexity index is 2660. The molecule has 1 aromatic rings. The summed E-state index contributed by atoms with van der Waals surface area (Å²) in [6.07, 6.45) is 57.9. The maximum absolute atomic E-state index is 3.57. The molecule has 5 aliphatic rings. The molecule has 0 aromatic heterocycles. The van der Waals surface area contributed by atoms with E-state index in [0.717, 1.165) is 166 Å². The van der Waals surface area contributed by atoms with E-state index in [2.05, 4.69) is 321 Å². The SMILES string of the molecule is CCC(C)N(CCNCCSC)C(C)(C)C.CCC(C)N(CCNCCSC)C(C)CC.CCC(C)N(CCNCCSC)C1CCCC1.CCC(C)N(CCNCCSC)C1CCCCC1.CCC(C)N(CCNCCSC)CC1CCCC1.CCC(C)N(CCNCCSC)c1ccccc1.CSCCNCCN(CC1CCCC1)C(C)(C)C.CSCCNCCN(CC1CCCCC1)C(C)(C)C. The van der Waals surface area contributed by atoms with Crippen LogP contribution in [0.2, 0.25) is 0 Å². The van der Waals surface area contributed by atoms with Gasteiger partial charge < -0.3 is 47.4 Å². The van der Waals surface area contributed by atoms with Crippen LogP contribution in [0.15, 0.2) is 30.3 Å². The van der Waals surface area contributed by atoms with Gasteiger partial charge in [0.05, 0.1) is 0 Å². The molecule has 6 rings (SSSR count). The average Bonchev–Trinajstić information content (AvgIpc) is 1.49. The van der Waals surface area contributed by atoms with Crippen LogP contribution in [0, 0.1) is 17.8 Å². The summed E-state index contributed by atoms with van der Waals surface area (Å²) >= 11 is 15.3. The third-order valence-electron chi connectivity index (χ3n) is 30.2. The standard InChI is InChI=1S/C16H34N2S.3C15H32N2S.C15H26N2S.C14H30N2S.2C13H30N2S/c1-16(2,3)18(12-10-17-11-13-19-4)14-15-8-6-5-7-9-15;1-15(2,3)17(11-9-16-10-12-18-4)13-14-7-5-6-8-14;1-4-14(2)17(11-9-16-10-12-18-3)13-15-7-5-6-8-15;2*1-4-14(2)17(12-10-16-11-13-18-3)15-8-6-5-7-9-15;1-4-13(2)16(14-7-5-6-8-14)11-9-15-10-12-17-3;1-7-12(2)15(13(3,4)5)10-8-14-9-11-16-6;1-6-12(3)15(13(4)7-2)10-8-14-9-11-16-5/h15,17H,5-14H2,1-4H3;14,16H,5-13H2,1-4H3;2*14-16H,4-13H2,1-3H3;5-9,14,16H,4,10-13H2,1-3H3;13-15H,4-12H2,1-3H3;12,14H,7-11H2,1-6H3;12-14H,6-11H2,1-5H3. The highest BCUT2D eigenvalue weighted by Gasteiger charge is 2.31. The van der Waals surface area contributed by atoms with Crippen LogP contribution in [-0.2, 0) is 0 Å². The molecule has 838 valence electrons. The zero-order chi connectivity index (χ0) is 105. The van der Waals surface area contributed by atoms with Gasteiger partial charge >= 0.3 is 0 Å². The molecule has 0 saturated heterocycles. The summed E-state index contributed by atoms with van der Waals surface area (Å²) in [6, 6.07) is 17.4. The van der Waals surface area contributed by atoms with E-state index < -0.39 is 0 Å². The van der Waals surface area contributed by atoms with Gasteiger partial charge in [0.15, 0.2) is 0 Å². The first kappa shape index (κ1) is 143. The minimum absolute atomic E-state index is 0.274. The molecular formula is C116H246N16S8. The fraction of sp³-hybridized carbons (Fsp3) is 0.948. The zero-order valence-electron chi connectivity index (χ0n) is 98.9. The van der Waals surface area contributed by atoms with Crippen molar-refractivity contribution in [1.82, 2.24) is 76.8 Å². The highest BCUT2D eigenvalue weighted by Crippen LogP contribution is 2.32. The van der Waals surface area contributed by atoms with Crippen LogP contribution < -0.4 is 47.4 Å². The quantitative estimate of drug-likeness (QED) is 0.0295. The van der Waals surface area contributed by atoms with Crippen molar-refractivity contribution in [1.29, 1.82) is 0 Å². The third-order valence-corrected chi connectivity index (χ3v) is 35.1. The van der Waals surface area contributed by atoms with E-state index in [9.17, 15) is 0 Å². The van der Waals surface area contributed by atoms with Crippen LogP contribution in [0.3, 0.4) is 0 Å².